The highest BCUT2D eigenvalue weighted by molar-refractivity contribution is 6.08. The molecule has 0 radical (unpaired) electrons. The van der Waals surface area contributed by atoms with Crippen molar-refractivity contribution >= 4 is 17.5 Å². The quantitative estimate of drug-likeness (QED) is 0.750. The summed E-state index contributed by atoms with van der Waals surface area (Å²) in [5.74, 6) is -0.0230. The Balaban J connectivity index is 2.47. The van der Waals surface area contributed by atoms with Crippen LogP contribution in [0.2, 0.25) is 0 Å². The second kappa shape index (κ2) is 3.96. The summed E-state index contributed by atoms with van der Waals surface area (Å²) in [4.78, 5) is 23.0. The Labute approximate surface area is 94.0 Å². The highest BCUT2D eigenvalue weighted by atomic mass is 16.2. The number of hydrogen-bond acceptors (Lipinski definition) is 2. The second-order valence-corrected chi connectivity index (χ2v) is 4.19. The van der Waals surface area contributed by atoms with Gasteiger partial charge in [-0.15, -0.1) is 0 Å². The molecule has 4 nitrogen and oxygen atoms in total. The lowest BCUT2D eigenvalue weighted by Crippen LogP contribution is -2.28. The van der Waals surface area contributed by atoms with Gasteiger partial charge in [0.1, 0.15) is 0 Å². The number of amides is 2. The minimum absolute atomic E-state index is 0.0323. The largest absolute Gasteiger partial charge is 0.343 e. The van der Waals surface area contributed by atoms with Crippen molar-refractivity contribution in [2.75, 3.05) is 11.9 Å². The van der Waals surface area contributed by atoms with Crippen LogP contribution in [-0.2, 0) is 4.79 Å². The molecule has 4 heteroatoms. The number of nitrogens with one attached hydrogen (secondary N) is 2. The highest BCUT2D eigenvalue weighted by Gasteiger charge is 2.19. The molecule has 0 unspecified atom stereocenters. The Hall–Kier alpha value is -1.84. The normalized spacial score (nSPS) is 15.2. The molecule has 1 aliphatic rings. The van der Waals surface area contributed by atoms with Crippen LogP contribution in [0, 0.1) is 0 Å². The van der Waals surface area contributed by atoms with Crippen molar-refractivity contribution in [3.63, 3.8) is 0 Å². The molecular weight excluding hydrogens is 204 g/mol. The average Bonchev–Trinajstić information content (AvgIpc) is 2.38. The Morgan fingerprint density at radius 2 is 2.00 bits per heavy atom. The first kappa shape index (κ1) is 10.7. The van der Waals surface area contributed by atoms with Gasteiger partial charge in [-0.1, -0.05) is 19.9 Å². The van der Waals surface area contributed by atoms with Gasteiger partial charge in [0.05, 0.1) is 17.8 Å². The maximum absolute atomic E-state index is 11.6. The summed E-state index contributed by atoms with van der Waals surface area (Å²) in [6, 6.07) is 5.54. The molecule has 0 bridgehead atoms. The molecule has 84 valence electrons. The Bertz CT molecular complexity index is 452. The third kappa shape index (κ3) is 1.91. The average molecular weight is 218 g/mol. The molecular formula is C12H14N2O2. The van der Waals surface area contributed by atoms with E-state index in [1.54, 1.807) is 6.07 Å². The van der Waals surface area contributed by atoms with Crippen LogP contribution < -0.4 is 10.6 Å². The van der Waals surface area contributed by atoms with Crippen molar-refractivity contribution in [2.24, 2.45) is 0 Å². The van der Waals surface area contributed by atoms with Crippen molar-refractivity contribution in [3.05, 3.63) is 29.3 Å². The molecule has 1 aliphatic heterocycles. The van der Waals surface area contributed by atoms with Crippen LogP contribution in [0.15, 0.2) is 18.2 Å². The minimum Gasteiger partial charge on any atom is -0.343 e. The molecule has 2 amide bonds. The summed E-state index contributed by atoms with van der Waals surface area (Å²) in [6.45, 7) is 4.17. The summed E-state index contributed by atoms with van der Waals surface area (Å²) in [6.07, 6.45) is 0. The third-order valence-electron chi connectivity index (χ3n) is 2.64. The number of benzene rings is 1. The van der Waals surface area contributed by atoms with Crippen LogP contribution in [0.25, 0.3) is 0 Å². The first-order valence-electron chi connectivity index (χ1n) is 5.30. The van der Waals surface area contributed by atoms with Gasteiger partial charge in [-0.25, -0.2) is 0 Å². The summed E-state index contributed by atoms with van der Waals surface area (Å²) >= 11 is 0. The lowest BCUT2D eigenvalue weighted by Gasteiger charge is -2.10. The predicted octanol–water partition coefficient (Wildman–Crippen LogP) is 1.49. The molecule has 0 aliphatic carbocycles. The van der Waals surface area contributed by atoms with Crippen molar-refractivity contribution < 1.29 is 9.59 Å². The number of hydrogen-bond donors (Lipinski definition) is 2. The smallest absolute Gasteiger partial charge is 0.253 e. The molecule has 1 heterocycles. The van der Waals surface area contributed by atoms with Gasteiger partial charge in [-0.05, 0) is 23.6 Å². The Kier molecular flexibility index (Phi) is 2.64. The van der Waals surface area contributed by atoms with E-state index in [1.165, 1.54) is 0 Å². The van der Waals surface area contributed by atoms with Gasteiger partial charge in [0, 0.05) is 0 Å². The SMILES string of the molecule is CC(C)c1ccc2c(c1)NC(=O)CNC2=O. The molecule has 0 saturated heterocycles. The molecule has 0 saturated carbocycles. The zero-order valence-corrected chi connectivity index (χ0v) is 9.33. The molecule has 0 fully saturated rings. The zero-order valence-electron chi connectivity index (χ0n) is 9.33. The Morgan fingerprint density at radius 1 is 1.25 bits per heavy atom. The van der Waals surface area contributed by atoms with E-state index in [0.29, 0.717) is 17.2 Å². The summed E-state index contributed by atoms with van der Waals surface area (Å²) in [5, 5.41) is 5.27. The van der Waals surface area contributed by atoms with Crippen LogP contribution >= 0.6 is 0 Å². The van der Waals surface area contributed by atoms with Crippen molar-refractivity contribution in [2.45, 2.75) is 19.8 Å². The van der Waals surface area contributed by atoms with Gasteiger partial charge in [-0.3, -0.25) is 9.59 Å². The van der Waals surface area contributed by atoms with Crippen molar-refractivity contribution in [1.29, 1.82) is 0 Å². The van der Waals surface area contributed by atoms with Crippen LogP contribution in [-0.4, -0.2) is 18.4 Å². The van der Waals surface area contributed by atoms with Gasteiger partial charge < -0.3 is 10.6 Å². The van der Waals surface area contributed by atoms with E-state index >= 15 is 0 Å². The first-order valence-corrected chi connectivity index (χ1v) is 5.30. The summed E-state index contributed by atoms with van der Waals surface area (Å²) in [7, 11) is 0. The molecule has 0 spiro atoms. The van der Waals surface area contributed by atoms with E-state index < -0.39 is 0 Å². The van der Waals surface area contributed by atoms with E-state index in [4.69, 9.17) is 0 Å². The molecule has 0 atom stereocenters. The van der Waals surface area contributed by atoms with Crippen LogP contribution in [0.4, 0.5) is 5.69 Å². The summed E-state index contributed by atoms with van der Waals surface area (Å²) in [5.41, 5.74) is 2.23. The van der Waals surface area contributed by atoms with E-state index in [0.717, 1.165) is 5.56 Å². The van der Waals surface area contributed by atoms with Crippen molar-refractivity contribution in [3.8, 4) is 0 Å². The fourth-order valence-corrected chi connectivity index (χ4v) is 1.67. The maximum Gasteiger partial charge on any atom is 0.253 e. The maximum atomic E-state index is 11.6. The van der Waals surface area contributed by atoms with E-state index in [1.807, 2.05) is 12.1 Å². The lowest BCUT2D eigenvalue weighted by atomic mass is 10.00. The standard InChI is InChI=1S/C12H14N2O2/c1-7(2)8-3-4-9-10(5-8)14-11(15)6-13-12(9)16/h3-5,7H,6H2,1-2H3,(H,13,16)(H,14,15). The minimum atomic E-state index is -0.205. The van der Waals surface area contributed by atoms with E-state index in [9.17, 15) is 9.59 Å². The molecule has 1 aromatic carbocycles. The van der Waals surface area contributed by atoms with Crippen molar-refractivity contribution in [1.82, 2.24) is 5.32 Å². The number of rotatable bonds is 1. The number of fused-ring (bicyclic) bond motifs is 1. The molecule has 1 aromatic rings. The van der Waals surface area contributed by atoms with Gasteiger partial charge in [0.15, 0.2) is 0 Å². The van der Waals surface area contributed by atoms with Crippen LogP contribution in [0.3, 0.4) is 0 Å². The third-order valence-corrected chi connectivity index (χ3v) is 2.64. The van der Waals surface area contributed by atoms with Crippen LogP contribution in [0.1, 0.15) is 35.7 Å². The highest BCUT2D eigenvalue weighted by Crippen LogP contribution is 2.23. The van der Waals surface area contributed by atoms with Gasteiger partial charge in [0.25, 0.3) is 5.91 Å². The topological polar surface area (TPSA) is 58.2 Å². The van der Waals surface area contributed by atoms with Gasteiger partial charge >= 0.3 is 0 Å². The molecule has 2 N–H and O–H groups in total. The monoisotopic (exact) mass is 218 g/mol. The summed E-state index contributed by atoms with van der Waals surface area (Å²) < 4.78 is 0. The van der Waals surface area contributed by atoms with E-state index in [-0.39, 0.29) is 18.4 Å². The number of carbonyl (C=O) groups is 2. The zero-order chi connectivity index (χ0) is 11.7. The first-order chi connectivity index (χ1) is 7.58. The molecule has 2 rings (SSSR count). The Morgan fingerprint density at radius 3 is 2.69 bits per heavy atom. The fourth-order valence-electron chi connectivity index (χ4n) is 1.67. The predicted molar refractivity (Wildman–Crippen MR) is 61.5 cm³/mol. The number of carbonyl (C=O) groups excluding carboxylic acids is 2. The molecule has 0 aromatic heterocycles. The van der Waals surface area contributed by atoms with Gasteiger partial charge in [0.2, 0.25) is 5.91 Å². The number of anilines is 1. The fraction of sp³-hybridized carbons (Fsp3) is 0.333. The van der Waals surface area contributed by atoms with Gasteiger partial charge in [-0.2, -0.15) is 0 Å². The lowest BCUT2D eigenvalue weighted by molar-refractivity contribution is -0.115. The molecule has 16 heavy (non-hydrogen) atoms. The second-order valence-electron chi connectivity index (χ2n) is 4.19. The van der Waals surface area contributed by atoms with Crippen LogP contribution in [0.5, 0.6) is 0 Å². The van der Waals surface area contributed by atoms with E-state index in [2.05, 4.69) is 24.5 Å².